The maximum Gasteiger partial charge on any atom is 0.165 e. The van der Waals surface area contributed by atoms with Gasteiger partial charge in [-0.15, -0.1) is 0 Å². The highest BCUT2D eigenvalue weighted by atomic mass is 16.6. The molecule has 0 N–H and O–H groups in total. The number of hydrogen-bond donors (Lipinski definition) is 0. The Morgan fingerprint density at radius 3 is 2.62 bits per heavy atom. The van der Waals surface area contributed by atoms with Crippen LogP contribution < -0.4 is 9.47 Å². The molecule has 1 saturated heterocycles. The van der Waals surface area contributed by atoms with E-state index in [4.69, 9.17) is 14.3 Å². The molecule has 0 amide bonds. The molecule has 1 fully saturated rings. The molecule has 2 aliphatic heterocycles. The summed E-state index contributed by atoms with van der Waals surface area (Å²) >= 11 is 0. The summed E-state index contributed by atoms with van der Waals surface area (Å²) in [6, 6.07) is 14.5. The second kappa shape index (κ2) is 7.00. The molecule has 4 rings (SSSR count). The van der Waals surface area contributed by atoms with Gasteiger partial charge in [-0.05, 0) is 18.6 Å². The highest BCUT2D eigenvalue weighted by Gasteiger charge is 2.42. The molecule has 0 radical (unpaired) electrons. The number of aryl methyl sites for hydroxylation is 1. The Morgan fingerprint density at radius 1 is 1.08 bits per heavy atom. The third-order valence-electron chi connectivity index (χ3n) is 5.21. The van der Waals surface area contributed by atoms with Gasteiger partial charge in [0.2, 0.25) is 0 Å². The van der Waals surface area contributed by atoms with Gasteiger partial charge in [0, 0.05) is 25.2 Å². The number of rotatable bonds is 5. The first kappa shape index (κ1) is 16.9. The van der Waals surface area contributed by atoms with Crippen molar-refractivity contribution in [2.24, 2.45) is 11.1 Å². The van der Waals surface area contributed by atoms with Gasteiger partial charge in [-0.1, -0.05) is 47.1 Å². The summed E-state index contributed by atoms with van der Waals surface area (Å²) in [6.45, 7) is 4.69. The van der Waals surface area contributed by atoms with Crippen molar-refractivity contribution >= 4 is 5.71 Å². The summed E-state index contributed by atoms with van der Waals surface area (Å²) in [5.41, 5.74) is 4.60. The van der Waals surface area contributed by atoms with Gasteiger partial charge in [-0.25, -0.2) is 0 Å². The van der Waals surface area contributed by atoms with Crippen LogP contribution in [0.2, 0.25) is 0 Å². The van der Waals surface area contributed by atoms with Crippen LogP contribution in [0.4, 0.5) is 0 Å². The highest BCUT2D eigenvalue weighted by Crippen LogP contribution is 2.35. The van der Waals surface area contributed by atoms with Crippen LogP contribution in [0.5, 0.6) is 11.5 Å². The largest absolute Gasteiger partial charge is 0.493 e. The van der Waals surface area contributed by atoms with Gasteiger partial charge in [0.1, 0.15) is 6.10 Å². The van der Waals surface area contributed by atoms with E-state index in [9.17, 15) is 0 Å². The smallest absolute Gasteiger partial charge is 0.165 e. The molecular formula is C21H24N2O3. The zero-order chi connectivity index (χ0) is 18.1. The Bertz CT molecular complexity index is 817. The summed E-state index contributed by atoms with van der Waals surface area (Å²) < 4.78 is 11.0. The van der Waals surface area contributed by atoms with Crippen molar-refractivity contribution in [1.29, 1.82) is 0 Å². The fraction of sp³-hybridized carbons (Fsp3) is 0.381. The Hall–Kier alpha value is -2.53. The van der Waals surface area contributed by atoms with E-state index < -0.39 is 0 Å². The predicted octanol–water partition coefficient (Wildman–Crippen LogP) is 3.25. The molecular weight excluding hydrogens is 328 g/mol. The first-order valence-corrected chi connectivity index (χ1v) is 8.92. The zero-order valence-electron chi connectivity index (χ0n) is 15.4. The Kier molecular flexibility index (Phi) is 4.55. The summed E-state index contributed by atoms with van der Waals surface area (Å²) in [5.74, 6) is 1.89. The van der Waals surface area contributed by atoms with Gasteiger partial charge in [-0.3, -0.25) is 4.90 Å². The Balaban J connectivity index is 1.50. The number of nitrogens with zero attached hydrogens (tertiary/aromatic N) is 2. The lowest BCUT2D eigenvalue weighted by molar-refractivity contribution is 0.0744. The molecule has 0 bridgehead atoms. The van der Waals surface area contributed by atoms with E-state index in [0.29, 0.717) is 5.92 Å². The molecule has 2 heterocycles. The third-order valence-corrected chi connectivity index (χ3v) is 5.21. The molecule has 0 spiro atoms. The normalized spacial score (nSPS) is 21.9. The molecule has 5 heteroatoms. The standard InChI is InChI=1S/C21H24N2O3/c1-14-7-9-15(10-8-14)20-17-12-23(13-19(17)26-22-20)11-16-5-4-6-18(24-2)21(16)25-3/h4-10,17,19H,11-13H2,1-3H3. The van der Waals surface area contributed by atoms with Crippen molar-refractivity contribution in [3.63, 3.8) is 0 Å². The van der Waals surface area contributed by atoms with Crippen molar-refractivity contribution in [2.45, 2.75) is 19.6 Å². The number of methoxy groups -OCH3 is 2. The van der Waals surface area contributed by atoms with Crippen molar-refractivity contribution in [2.75, 3.05) is 27.3 Å². The molecule has 5 nitrogen and oxygen atoms in total. The molecule has 2 unspecified atom stereocenters. The molecule has 0 aromatic heterocycles. The van der Waals surface area contributed by atoms with Crippen LogP contribution in [-0.2, 0) is 11.4 Å². The number of benzene rings is 2. The van der Waals surface area contributed by atoms with E-state index in [2.05, 4.69) is 47.3 Å². The minimum absolute atomic E-state index is 0.128. The van der Waals surface area contributed by atoms with E-state index in [0.717, 1.165) is 48.0 Å². The van der Waals surface area contributed by atoms with E-state index in [1.54, 1.807) is 14.2 Å². The van der Waals surface area contributed by atoms with Gasteiger partial charge in [0.05, 0.1) is 25.8 Å². The lowest BCUT2D eigenvalue weighted by atomic mass is 9.94. The average Bonchev–Trinajstić information content (AvgIpc) is 3.22. The average molecular weight is 352 g/mol. The topological polar surface area (TPSA) is 43.3 Å². The Morgan fingerprint density at radius 2 is 1.88 bits per heavy atom. The van der Waals surface area contributed by atoms with E-state index in [1.165, 1.54) is 5.56 Å². The van der Waals surface area contributed by atoms with Gasteiger partial charge < -0.3 is 14.3 Å². The minimum Gasteiger partial charge on any atom is -0.493 e. The van der Waals surface area contributed by atoms with Crippen LogP contribution >= 0.6 is 0 Å². The van der Waals surface area contributed by atoms with Crippen LogP contribution in [0.3, 0.4) is 0 Å². The molecule has 0 saturated carbocycles. The summed E-state index contributed by atoms with van der Waals surface area (Å²) in [7, 11) is 3.35. The number of oxime groups is 1. The van der Waals surface area contributed by atoms with Crippen LogP contribution in [-0.4, -0.2) is 44.0 Å². The summed E-state index contributed by atoms with van der Waals surface area (Å²) in [5, 5.41) is 4.37. The SMILES string of the molecule is COc1cccc(CN2CC3ON=C(c4ccc(C)cc4)C3C2)c1OC. The molecule has 2 aliphatic rings. The van der Waals surface area contributed by atoms with Crippen molar-refractivity contribution in [3.8, 4) is 11.5 Å². The van der Waals surface area contributed by atoms with E-state index in [-0.39, 0.29) is 6.10 Å². The van der Waals surface area contributed by atoms with Crippen LogP contribution in [0.25, 0.3) is 0 Å². The lowest BCUT2D eigenvalue weighted by Gasteiger charge is -2.19. The van der Waals surface area contributed by atoms with Gasteiger partial charge in [-0.2, -0.15) is 0 Å². The minimum atomic E-state index is 0.128. The molecule has 2 atom stereocenters. The molecule has 136 valence electrons. The molecule has 2 aromatic rings. The molecule has 2 aromatic carbocycles. The predicted molar refractivity (Wildman–Crippen MR) is 101 cm³/mol. The van der Waals surface area contributed by atoms with E-state index in [1.807, 2.05) is 12.1 Å². The lowest BCUT2D eigenvalue weighted by Crippen LogP contribution is -2.23. The molecule has 26 heavy (non-hydrogen) atoms. The molecule has 0 aliphatic carbocycles. The second-order valence-electron chi connectivity index (χ2n) is 6.94. The van der Waals surface area contributed by atoms with Crippen LogP contribution in [0.1, 0.15) is 16.7 Å². The van der Waals surface area contributed by atoms with Crippen molar-refractivity contribution in [1.82, 2.24) is 4.90 Å². The number of likely N-dealkylation sites (tertiary alicyclic amines) is 1. The summed E-state index contributed by atoms with van der Waals surface area (Å²) in [6.07, 6.45) is 0.128. The fourth-order valence-electron chi connectivity index (χ4n) is 3.85. The maximum absolute atomic E-state index is 5.73. The van der Waals surface area contributed by atoms with Crippen molar-refractivity contribution in [3.05, 3.63) is 59.2 Å². The van der Waals surface area contributed by atoms with E-state index >= 15 is 0 Å². The van der Waals surface area contributed by atoms with Crippen LogP contribution in [0.15, 0.2) is 47.6 Å². The highest BCUT2D eigenvalue weighted by molar-refractivity contribution is 6.03. The maximum atomic E-state index is 5.73. The van der Waals surface area contributed by atoms with Crippen molar-refractivity contribution < 1.29 is 14.3 Å². The summed E-state index contributed by atoms with van der Waals surface area (Å²) in [4.78, 5) is 8.13. The second-order valence-corrected chi connectivity index (χ2v) is 6.94. The third kappa shape index (κ3) is 3.03. The number of hydrogen-bond acceptors (Lipinski definition) is 5. The first-order valence-electron chi connectivity index (χ1n) is 8.92. The monoisotopic (exact) mass is 352 g/mol. The zero-order valence-corrected chi connectivity index (χ0v) is 15.4. The van der Waals surface area contributed by atoms with Crippen LogP contribution in [0, 0.1) is 12.8 Å². The number of para-hydroxylation sites is 1. The van der Waals surface area contributed by atoms with Gasteiger partial charge >= 0.3 is 0 Å². The quantitative estimate of drug-likeness (QED) is 0.829. The Labute approximate surface area is 154 Å². The van der Waals surface area contributed by atoms with Gasteiger partial charge in [0.25, 0.3) is 0 Å². The number of ether oxygens (including phenoxy) is 2. The number of fused-ring (bicyclic) bond motifs is 1. The fourth-order valence-corrected chi connectivity index (χ4v) is 3.85. The first-order chi connectivity index (χ1) is 12.7. The van der Waals surface area contributed by atoms with Gasteiger partial charge in [0.15, 0.2) is 11.5 Å².